The Labute approximate surface area is 133 Å². The molecule has 1 aromatic rings. The van der Waals surface area contributed by atoms with Gasteiger partial charge in [-0.15, -0.1) is 11.3 Å². The molecule has 0 bridgehead atoms. The maximum atomic E-state index is 12.6. The van der Waals surface area contributed by atoms with Crippen LogP contribution in [0.1, 0.15) is 42.5 Å². The van der Waals surface area contributed by atoms with Crippen LogP contribution in [-0.4, -0.2) is 23.4 Å². The van der Waals surface area contributed by atoms with Crippen LogP contribution in [0.2, 0.25) is 0 Å². The molecule has 0 N–H and O–H groups in total. The van der Waals surface area contributed by atoms with Crippen LogP contribution in [0, 0.1) is 11.3 Å². The third-order valence-electron chi connectivity index (χ3n) is 3.72. The van der Waals surface area contributed by atoms with Gasteiger partial charge in [0, 0.05) is 7.05 Å². The molecule has 0 saturated heterocycles. The van der Waals surface area contributed by atoms with Crippen molar-refractivity contribution in [1.82, 2.24) is 4.90 Å². The molecule has 1 aromatic heterocycles. The minimum absolute atomic E-state index is 0.0859. The minimum atomic E-state index is -0.636. The van der Waals surface area contributed by atoms with Gasteiger partial charge in [-0.2, -0.15) is 5.26 Å². The average molecular weight is 406 g/mol. The van der Waals surface area contributed by atoms with E-state index in [1.165, 1.54) is 11.3 Å². The summed E-state index contributed by atoms with van der Waals surface area (Å²) in [5.41, 5.74) is -0.0111. The fraction of sp³-hybridized carbons (Fsp3) is 0.538. The molecule has 0 atom stereocenters. The molecule has 1 saturated carbocycles. The molecule has 102 valence electrons. The van der Waals surface area contributed by atoms with Crippen LogP contribution in [0.25, 0.3) is 0 Å². The highest BCUT2D eigenvalue weighted by molar-refractivity contribution is 9.12. The van der Waals surface area contributed by atoms with Crippen LogP contribution in [0.5, 0.6) is 0 Å². The van der Waals surface area contributed by atoms with Crippen molar-refractivity contribution in [1.29, 1.82) is 5.26 Å². The predicted molar refractivity (Wildman–Crippen MR) is 83.2 cm³/mol. The number of carbonyl (C=O) groups is 1. The third kappa shape index (κ3) is 2.88. The van der Waals surface area contributed by atoms with E-state index >= 15 is 0 Å². The lowest BCUT2D eigenvalue weighted by Crippen LogP contribution is -2.49. The van der Waals surface area contributed by atoms with Gasteiger partial charge >= 0.3 is 0 Å². The normalized spacial score (nSPS) is 17.8. The highest BCUT2D eigenvalue weighted by Crippen LogP contribution is 2.37. The van der Waals surface area contributed by atoms with E-state index in [2.05, 4.69) is 37.9 Å². The van der Waals surface area contributed by atoms with Gasteiger partial charge in [0.15, 0.2) is 0 Å². The summed E-state index contributed by atoms with van der Waals surface area (Å²) >= 11 is 8.26. The molecule has 2 rings (SSSR count). The maximum absolute atomic E-state index is 12.6. The van der Waals surface area contributed by atoms with Crippen LogP contribution < -0.4 is 0 Å². The van der Waals surface area contributed by atoms with Crippen molar-refractivity contribution in [2.24, 2.45) is 0 Å². The van der Waals surface area contributed by atoms with Gasteiger partial charge in [-0.3, -0.25) is 4.79 Å². The monoisotopic (exact) mass is 404 g/mol. The molecule has 1 amide bonds. The lowest BCUT2D eigenvalue weighted by molar-refractivity contribution is 0.0588. The van der Waals surface area contributed by atoms with Gasteiger partial charge in [0.05, 0.1) is 19.2 Å². The number of thiophene rings is 1. The number of rotatable bonds is 2. The van der Waals surface area contributed by atoms with E-state index in [1.807, 2.05) is 6.07 Å². The number of nitrogens with zero attached hydrogens (tertiary/aromatic N) is 2. The summed E-state index contributed by atoms with van der Waals surface area (Å²) in [5.74, 6) is -0.0859. The van der Waals surface area contributed by atoms with Crippen molar-refractivity contribution in [2.45, 2.75) is 37.6 Å². The molecular formula is C13H14Br2N2OS. The zero-order valence-corrected chi connectivity index (χ0v) is 14.6. The Morgan fingerprint density at radius 1 is 1.42 bits per heavy atom. The Balaban J connectivity index is 2.28. The minimum Gasteiger partial charge on any atom is -0.323 e. The number of halogens is 2. The topological polar surface area (TPSA) is 44.1 Å². The first-order valence-electron chi connectivity index (χ1n) is 6.14. The van der Waals surface area contributed by atoms with Crippen molar-refractivity contribution < 1.29 is 4.79 Å². The molecule has 0 aliphatic heterocycles. The van der Waals surface area contributed by atoms with Gasteiger partial charge in [0.1, 0.15) is 5.54 Å². The van der Waals surface area contributed by atoms with E-state index in [9.17, 15) is 10.1 Å². The second-order valence-electron chi connectivity index (χ2n) is 4.81. The fourth-order valence-corrected chi connectivity index (χ4v) is 5.30. The first-order valence-corrected chi connectivity index (χ1v) is 8.55. The molecule has 0 radical (unpaired) electrons. The quantitative estimate of drug-likeness (QED) is 0.723. The number of nitriles is 1. The first kappa shape index (κ1) is 15.0. The Morgan fingerprint density at radius 3 is 2.53 bits per heavy atom. The number of hydrogen-bond donors (Lipinski definition) is 0. The summed E-state index contributed by atoms with van der Waals surface area (Å²) in [6.45, 7) is 0. The Kier molecular flexibility index (Phi) is 4.70. The van der Waals surface area contributed by atoms with Gasteiger partial charge < -0.3 is 4.90 Å². The average Bonchev–Trinajstić information content (AvgIpc) is 2.76. The van der Waals surface area contributed by atoms with Crippen LogP contribution in [0.3, 0.4) is 0 Å². The van der Waals surface area contributed by atoms with Gasteiger partial charge in [-0.1, -0.05) is 19.3 Å². The molecule has 6 heteroatoms. The number of amides is 1. The molecule has 1 heterocycles. The van der Waals surface area contributed by atoms with Gasteiger partial charge in [-0.05, 0) is 50.8 Å². The second kappa shape index (κ2) is 5.94. The van der Waals surface area contributed by atoms with E-state index in [1.54, 1.807) is 11.9 Å². The highest BCUT2D eigenvalue weighted by Gasteiger charge is 2.39. The van der Waals surface area contributed by atoms with Crippen molar-refractivity contribution in [3.05, 3.63) is 19.2 Å². The second-order valence-corrected chi connectivity index (χ2v) is 8.56. The van der Waals surface area contributed by atoms with Crippen LogP contribution in [0.15, 0.2) is 13.6 Å². The van der Waals surface area contributed by atoms with Gasteiger partial charge in [0.25, 0.3) is 5.91 Å². The van der Waals surface area contributed by atoms with Crippen molar-refractivity contribution in [3.63, 3.8) is 0 Å². The van der Waals surface area contributed by atoms with Gasteiger partial charge in [0.2, 0.25) is 0 Å². The van der Waals surface area contributed by atoms with E-state index in [4.69, 9.17) is 0 Å². The van der Waals surface area contributed by atoms with Crippen LogP contribution in [0.4, 0.5) is 0 Å². The Hall–Kier alpha value is -0.380. The molecule has 1 aliphatic rings. The van der Waals surface area contributed by atoms with Crippen molar-refractivity contribution >= 4 is 49.1 Å². The summed E-state index contributed by atoms with van der Waals surface area (Å²) in [7, 11) is 1.74. The van der Waals surface area contributed by atoms with E-state index < -0.39 is 5.54 Å². The van der Waals surface area contributed by atoms with Gasteiger partial charge in [-0.25, -0.2) is 0 Å². The third-order valence-corrected chi connectivity index (χ3v) is 6.06. The largest absolute Gasteiger partial charge is 0.323 e. The zero-order chi connectivity index (χ0) is 14.0. The highest BCUT2D eigenvalue weighted by atomic mass is 79.9. The lowest BCUT2D eigenvalue weighted by Gasteiger charge is -2.39. The molecule has 19 heavy (non-hydrogen) atoms. The smallest absolute Gasteiger partial charge is 0.256 e. The molecule has 3 nitrogen and oxygen atoms in total. The number of carbonyl (C=O) groups excluding carboxylic acids is 1. The summed E-state index contributed by atoms with van der Waals surface area (Å²) < 4.78 is 1.71. The SMILES string of the molecule is CN(C(=O)c1cc(Br)sc1Br)C1(C#N)CCCCC1. The lowest BCUT2D eigenvalue weighted by atomic mass is 9.81. The summed E-state index contributed by atoms with van der Waals surface area (Å²) in [4.78, 5) is 14.2. The molecule has 0 unspecified atom stereocenters. The predicted octanol–water partition coefficient (Wildman–Crippen LogP) is 4.57. The fourth-order valence-electron chi connectivity index (χ4n) is 2.52. The van der Waals surface area contributed by atoms with E-state index in [-0.39, 0.29) is 5.91 Å². The molecule has 1 aliphatic carbocycles. The first-order chi connectivity index (χ1) is 9.00. The Bertz CT molecular complexity index is 529. The zero-order valence-electron chi connectivity index (χ0n) is 10.6. The molecule has 1 fully saturated rings. The summed E-state index contributed by atoms with van der Waals surface area (Å²) in [6, 6.07) is 4.18. The summed E-state index contributed by atoms with van der Waals surface area (Å²) in [6.07, 6.45) is 4.72. The van der Waals surface area contributed by atoms with Crippen molar-refractivity contribution in [2.75, 3.05) is 7.05 Å². The standard InChI is InChI=1S/C13H14Br2N2OS/c1-17(13(8-16)5-3-2-4-6-13)12(18)9-7-10(14)19-11(9)15/h7H,2-6H2,1H3. The molecule has 0 spiro atoms. The van der Waals surface area contributed by atoms with E-state index in [0.29, 0.717) is 5.56 Å². The summed E-state index contributed by atoms with van der Waals surface area (Å²) in [5, 5.41) is 9.52. The maximum Gasteiger partial charge on any atom is 0.256 e. The van der Waals surface area contributed by atoms with Crippen molar-refractivity contribution in [3.8, 4) is 6.07 Å². The van der Waals surface area contributed by atoms with E-state index in [0.717, 1.165) is 39.7 Å². The molecule has 0 aromatic carbocycles. The Morgan fingerprint density at radius 2 is 2.05 bits per heavy atom. The van der Waals surface area contributed by atoms with Crippen LogP contribution >= 0.6 is 43.2 Å². The number of hydrogen-bond acceptors (Lipinski definition) is 3. The molecular weight excluding hydrogens is 392 g/mol. The van der Waals surface area contributed by atoms with Crippen LogP contribution in [-0.2, 0) is 0 Å².